The van der Waals surface area contributed by atoms with Crippen LogP contribution in [0, 0.1) is 0 Å². The van der Waals surface area contributed by atoms with Crippen LogP contribution in [-0.4, -0.2) is 70.0 Å². The number of ether oxygens (including phenoxy) is 2. The number of nitrogens with zero attached hydrogens (tertiary/aromatic N) is 1. The van der Waals surface area contributed by atoms with E-state index in [2.05, 4.69) is 38.2 Å². The first-order valence-corrected chi connectivity index (χ1v) is 22.5. The summed E-state index contributed by atoms with van der Waals surface area (Å²) in [7, 11) is 1.17. The number of carbonyl (C=O) groups excluding carboxylic acids is 2. The molecule has 0 spiro atoms. The van der Waals surface area contributed by atoms with Crippen molar-refractivity contribution >= 4 is 19.8 Å². The summed E-state index contributed by atoms with van der Waals surface area (Å²) >= 11 is 0. The first-order valence-electron chi connectivity index (χ1n) is 21.0. The fourth-order valence-corrected chi connectivity index (χ4v) is 6.35. The maximum absolute atomic E-state index is 12.6. The Balaban J connectivity index is 4.27. The van der Waals surface area contributed by atoms with E-state index in [1.54, 1.807) is 0 Å². The van der Waals surface area contributed by atoms with Crippen molar-refractivity contribution in [1.82, 2.24) is 0 Å². The molecule has 9 nitrogen and oxygen atoms in total. The Labute approximate surface area is 319 Å². The average Bonchev–Trinajstić information content (AvgIpc) is 3.09. The fourth-order valence-electron chi connectivity index (χ4n) is 5.63. The molecule has 52 heavy (non-hydrogen) atoms. The van der Waals surface area contributed by atoms with Gasteiger partial charge in [0.05, 0.1) is 27.7 Å². The fraction of sp³-hybridized carbons (Fsp3) is 0.857. The Bertz CT molecular complexity index is 949. The molecule has 0 aliphatic rings. The van der Waals surface area contributed by atoms with Crippen molar-refractivity contribution in [2.45, 2.75) is 187 Å². The molecule has 0 N–H and O–H groups in total. The monoisotopic (exact) mass is 758 g/mol. The molecular formula is C42H80NO8P. The number of phosphoric acid groups is 1. The molecule has 10 heteroatoms. The Morgan fingerprint density at radius 1 is 0.596 bits per heavy atom. The van der Waals surface area contributed by atoms with Gasteiger partial charge >= 0.3 is 11.9 Å². The summed E-state index contributed by atoms with van der Waals surface area (Å²) in [6, 6.07) is 0. The second-order valence-electron chi connectivity index (χ2n) is 15.4. The number of esters is 2. The van der Waals surface area contributed by atoms with Gasteiger partial charge in [0.15, 0.2) is 6.10 Å². The van der Waals surface area contributed by atoms with Crippen molar-refractivity contribution < 1.29 is 42.1 Å². The smallest absolute Gasteiger partial charge is 0.306 e. The van der Waals surface area contributed by atoms with Crippen LogP contribution in [-0.2, 0) is 32.7 Å². The SMILES string of the molecule is CCCCC/C=C\C/C=C\CCCCCCCCCCCC(=O)OC[C@H](COP(=O)([O-])OCC[N+](C)(C)C)OC(=O)CCCCCCCCCCC. The van der Waals surface area contributed by atoms with Crippen LogP contribution in [0.15, 0.2) is 24.3 Å². The van der Waals surface area contributed by atoms with Crippen LogP contribution in [0.2, 0.25) is 0 Å². The molecule has 2 atom stereocenters. The van der Waals surface area contributed by atoms with Gasteiger partial charge in [0, 0.05) is 12.8 Å². The Hall–Kier alpha value is -1.51. The molecule has 0 aromatic heterocycles. The van der Waals surface area contributed by atoms with Gasteiger partial charge in [-0.3, -0.25) is 14.2 Å². The third kappa shape index (κ3) is 38.2. The van der Waals surface area contributed by atoms with Gasteiger partial charge in [-0.25, -0.2) is 0 Å². The van der Waals surface area contributed by atoms with Crippen molar-refractivity contribution in [1.29, 1.82) is 0 Å². The number of hydrogen-bond donors (Lipinski definition) is 0. The number of carbonyl (C=O) groups is 2. The van der Waals surface area contributed by atoms with Crippen LogP contribution in [0.5, 0.6) is 0 Å². The molecule has 0 bridgehead atoms. The highest BCUT2D eigenvalue weighted by Crippen LogP contribution is 2.38. The number of likely N-dealkylation sites (N-methyl/N-ethyl adjacent to an activating group) is 1. The molecule has 0 aliphatic carbocycles. The zero-order chi connectivity index (χ0) is 38.6. The number of unbranched alkanes of at least 4 members (excludes halogenated alkanes) is 20. The van der Waals surface area contributed by atoms with E-state index in [9.17, 15) is 19.0 Å². The zero-order valence-electron chi connectivity index (χ0n) is 34.3. The van der Waals surface area contributed by atoms with E-state index in [1.165, 1.54) is 103 Å². The van der Waals surface area contributed by atoms with E-state index in [0.29, 0.717) is 17.4 Å². The van der Waals surface area contributed by atoms with Gasteiger partial charge in [-0.2, -0.15) is 0 Å². The van der Waals surface area contributed by atoms with Gasteiger partial charge in [-0.1, -0.05) is 147 Å². The normalized spacial score (nSPS) is 13.9. The van der Waals surface area contributed by atoms with Crippen LogP contribution >= 0.6 is 7.82 Å². The maximum Gasteiger partial charge on any atom is 0.306 e. The summed E-state index contributed by atoms with van der Waals surface area (Å²) in [5.41, 5.74) is 0. The third-order valence-electron chi connectivity index (χ3n) is 8.97. The molecular weight excluding hydrogens is 677 g/mol. The van der Waals surface area contributed by atoms with Crippen LogP contribution in [0.1, 0.15) is 181 Å². The molecule has 0 rings (SSSR count). The van der Waals surface area contributed by atoms with Crippen molar-refractivity contribution in [3.05, 3.63) is 24.3 Å². The summed E-state index contributed by atoms with van der Waals surface area (Å²) in [6.45, 7) is 4.17. The van der Waals surface area contributed by atoms with Gasteiger partial charge in [-0.05, 0) is 44.9 Å². The molecule has 0 saturated heterocycles. The molecule has 0 amide bonds. The summed E-state index contributed by atoms with van der Waals surface area (Å²) in [6.07, 6.45) is 36.4. The van der Waals surface area contributed by atoms with Gasteiger partial charge < -0.3 is 27.9 Å². The lowest BCUT2D eigenvalue weighted by molar-refractivity contribution is -0.870. The molecule has 0 aromatic carbocycles. The number of phosphoric ester groups is 1. The lowest BCUT2D eigenvalue weighted by atomic mass is 10.1. The Morgan fingerprint density at radius 2 is 1.04 bits per heavy atom. The van der Waals surface area contributed by atoms with Crippen LogP contribution in [0.4, 0.5) is 0 Å². The lowest BCUT2D eigenvalue weighted by Crippen LogP contribution is -2.37. The quantitative estimate of drug-likeness (QED) is 0.0201. The highest BCUT2D eigenvalue weighted by molar-refractivity contribution is 7.45. The van der Waals surface area contributed by atoms with E-state index >= 15 is 0 Å². The number of allylic oxidation sites excluding steroid dienone is 4. The molecule has 0 aliphatic heterocycles. The van der Waals surface area contributed by atoms with Gasteiger partial charge in [0.1, 0.15) is 19.8 Å². The van der Waals surface area contributed by atoms with E-state index in [4.69, 9.17) is 18.5 Å². The first kappa shape index (κ1) is 50.5. The Morgan fingerprint density at radius 3 is 1.56 bits per heavy atom. The minimum absolute atomic E-state index is 0.0299. The molecule has 306 valence electrons. The number of rotatable bonds is 38. The summed E-state index contributed by atoms with van der Waals surface area (Å²) in [5.74, 6) is -0.839. The summed E-state index contributed by atoms with van der Waals surface area (Å²) in [5, 5.41) is 0. The highest BCUT2D eigenvalue weighted by Gasteiger charge is 2.21. The van der Waals surface area contributed by atoms with Gasteiger partial charge in [0.2, 0.25) is 0 Å². The molecule has 0 fully saturated rings. The summed E-state index contributed by atoms with van der Waals surface area (Å²) < 4.78 is 33.8. The number of hydrogen-bond acceptors (Lipinski definition) is 8. The minimum atomic E-state index is -4.61. The average molecular weight is 758 g/mol. The van der Waals surface area contributed by atoms with E-state index in [0.717, 1.165) is 44.9 Å². The Kier molecular flexibility index (Phi) is 34.2. The molecule has 0 saturated carbocycles. The topological polar surface area (TPSA) is 111 Å². The van der Waals surface area contributed by atoms with Crippen molar-refractivity contribution in [3.63, 3.8) is 0 Å². The predicted octanol–water partition coefficient (Wildman–Crippen LogP) is 10.9. The van der Waals surface area contributed by atoms with E-state index in [-0.39, 0.29) is 32.0 Å². The standard InChI is InChI=1S/C42H80NO8P/c1-6-8-10-12-14-16-17-18-19-20-21-22-23-24-25-27-28-30-32-34-41(44)48-38-40(39-50-52(46,47)49-37-36-43(3,4)5)51-42(45)35-33-31-29-26-15-13-11-9-7-2/h14,16,18-19,40H,6-13,15,17,20-39H2,1-5H3/b16-14-,19-18-/t40-/m1/s1. The van der Waals surface area contributed by atoms with Crippen LogP contribution in [0.3, 0.4) is 0 Å². The predicted molar refractivity (Wildman–Crippen MR) is 213 cm³/mol. The molecule has 1 unspecified atom stereocenters. The third-order valence-corrected chi connectivity index (χ3v) is 9.94. The molecule has 0 aromatic rings. The van der Waals surface area contributed by atoms with Gasteiger partial charge in [-0.15, -0.1) is 0 Å². The largest absolute Gasteiger partial charge is 0.756 e. The van der Waals surface area contributed by atoms with E-state index in [1.807, 2.05) is 21.1 Å². The molecule has 0 heterocycles. The second kappa shape index (κ2) is 35.2. The maximum atomic E-state index is 12.6. The lowest BCUT2D eigenvalue weighted by Gasteiger charge is -2.28. The highest BCUT2D eigenvalue weighted by atomic mass is 31.2. The van der Waals surface area contributed by atoms with Crippen LogP contribution in [0.25, 0.3) is 0 Å². The molecule has 0 radical (unpaired) electrons. The van der Waals surface area contributed by atoms with Crippen molar-refractivity contribution in [3.8, 4) is 0 Å². The van der Waals surface area contributed by atoms with Crippen molar-refractivity contribution in [2.24, 2.45) is 0 Å². The van der Waals surface area contributed by atoms with Crippen molar-refractivity contribution in [2.75, 3.05) is 47.5 Å². The van der Waals surface area contributed by atoms with E-state index < -0.39 is 26.5 Å². The summed E-state index contributed by atoms with van der Waals surface area (Å²) in [4.78, 5) is 37.3. The van der Waals surface area contributed by atoms with Crippen LogP contribution < -0.4 is 4.89 Å². The zero-order valence-corrected chi connectivity index (χ0v) is 35.2. The first-order chi connectivity index (χ1) is 25.0. The number of quaternary nitrogens is 1. The minimum Gasteiger partial charge on any atom is -0.756 e. The van der Waals surface area contributed by atoms with Gasteiger partial charge in [0.25, 0.3) is 7.82 Å². The second-order valence-corrected chi connectivity index (χ2v) is 16.8.